The van der Waals surface area contributed by atoms with Gasteiger partial charge in [-0.25, -0.2) is 0 Å². The van der Waals surface area contributed by atoms with Crippen LogP contribution in [-0.2, 0) is 0 Å². The Kier molecular flexibility index (Phi) is 1.36. The summed E-state index contributed by atoms with van der Waals surface area (Å²) < 4.78 is 0. The smallest absolute Gasteiger partial charge is 0.0184 e. The zero-order chi connectivity index (χ0) is 10.3. The van der Waals surface area contributed by atoms with Gasteiger partial charge in [-0.3, -0.25) is 0 Å². The van der Waals surface area contributed by atoms with Crippen LogP contribution in [0.2, 0.25) is 0 Å². The summed E-state index contributed by atoms with van der Waals surface area (Å²) in [5, 5.41) is 0. The average molecular weight is 180 g/mol. The molecule has 0 heteroatoms. The first-order chi connectivity index (χ1) is 5.63. The van der Waals surface area contributed by atoms with E-state index in [1.165, 1.54) is 6.42 Å². The highest BCUT2D eigenvalue weighted by Crippen LogP contribution is 2.88. The first kappa shape index (κ1) is 9.55. The maximum Gasteiger partial charge on any atom is -0.0184 e. The van der Waals surface area contributed by atoms with Crippen LogP contribution in [0.1, 0.15) is 54.9 Å². The summed E-state index contributed by atoms with van der Waals surface area (Å²) in [6.45, 7) is 17.3. The van der Waals surface area contributed by atoms with E-state index in [9.17, 15) is 0 Å². The van der Waals surface area contributed by atoms with Crippen molar-refractivity contribution in [1.82, 2.24) is 0 Å². The van der Waals surface area contributed by atoms with Crippen molar-refractivity contribution < 1.29 is 0 Å². The molecule has 3 atom stereocenters. The van der Waals surface area contributed by atoms with Crippen molar-refractivity contribution in [3.63, 3.8) is 0 Å². The molecule has 0 radical (unpaired) electrons. The summed E-state index contributed by atoms with van der Waals surface area (Å²) in [5.74, 6) is 0.917. The maximum absolute atomic E-state index is 2.51. The molecule has 2 aliphatic carbocycles. The topological polar surface area (TPSA) is 0 Å². The van der Waals surface area contributed by atoms with Gasteiger partial charge in [-0.2, -0.15) is 0 Å². The highest BCUT2D eigenvalue weighted by Gasteiger charge is 2.82. The van der Waals surface area contributed by atoms with E-state index in [1.807, 2.05) is 0 Å². The monoisotopic (exact) mass is 180 g/mol. The van der Waals surface area contributed by atoms with Crippen LogP contribution in [0.15, 0.2) is 0 Å². The standard InChI is InChI=1S/C13H24/c1-9-8-12(6)10(2,3)11(4,5)13(9,12)7/h9H,8H2,1-7H3. The molecule has 0 heterocycles. The minimum Gasteiger partial charge on any atom is -0.0619 e. The van der Waals surface area contributed by atoms with E-state index in [1.54, 1.807) is 0 Å². The molecule has 2 aliphatic rings. The molecule has 0 saturated heterocycles. The van der Waals surface area contributed by atoms with Gasteiger partial charge in [0.1, 0.15) is 0 Å². The molecule has 0 N–H and O–H groups in total. The van der Waals surface area contributed by atoms with Crippen LogP contribution in [0.25, 0.3) is 0 Å². The molecule has 2 saturated carbocycles. The van der Waals surface area contributed by atoms with Crippen molar-refractivity contribution in [1.29, 1.82) is 0 Å². The summed E-state index contributed by atoms with van der Waals surface area (Å²) in [6.07, 6.45) is 1.43. The van der Waals surface area contributed by atoms with Crippen molar-refractivity contribution in [3.8, 4) is 0 Å². The lowest BCUT2D eigenvalue weighted by Gasteiger charge is -2.87. The number of hydrogen-bond acceptors (Lipinski definition) is 0. The van der Waals surface area contributed by atoms with E-state index in [0.717, 1.165) is 5.92 Å². The minimum absolute atomic E-state index is 0.506. The van der Waals surface area contributed by atoms with Crippen molar-refractivity contribution >= 4 is 0 Å². The van der Waals surface area contributed by atoms with Crippen molar-refractivity contribution in [2.75, 3.05) is 0 Å². The van der Waals surface area contributed by atoms with Gasteiger partial charge in [0.05, 0.1) is 0 Å². The highest BCUT2D eigenvalue weighted by molar-refractivity contribution is 5.29. The molecule has 76 valence electrons. The minimum atomic E-state index is 0.506. The van der Waals surface area contributed by atoms with E-state index < -0.39 is 0 Å². The van der Waals surface area contributed by atoms with Gasteiger partial charge < -0.3 is 0 Å². The predicted molar refractivity (Wildman–Crippen MR) is 57.6 cm³/mol. The molecule has 0 aromatic carbocycles. The van der Waals surface area contributed by atoms with Gasteiger partial charge in [0.25, 0.3) is 0 Å². The Bertz CT molecular complexity index is 246. The fourth-order valence-electron chi connectivity index (χ4n) is 4.93. The Morgan fingerprint density at radius 2 is 1.31 bits per heavy atom. The molecule has 13 heavy (non-hydrogen) atoms. The first-order valence-electron chi connectivity index (χ1n) is 5.63. The van der Waals surface area contributed by atoms with Gasteiger partial charge in [-0.05, 0) is 34.0 Å². The molecule has 0 bridgehead atoms. The fourth-order valence-corrected chi connectivity index (χ4v) is 4.93. The van der Waals surface area contributed by atoms with Crippen LogP contribution in [0.3, 0.4) is 0 Å². The Labute approximate surface area is 83.1 Å². The second-order valence-electron chi connectivity index (χ2n) is 6.89. The van der Waals surface area contributed by atoms with Crippen molar-refractivity contribution in [3.05, 3.63) is 0 Å². The molecule has 0 nitrogen and oxygen atoms in total. The lowest BCUT2D eigenvalue weighted by Crippen LogP contribution is -2.81. The normalized spacial score (nSPS) is 56.1. The Morgan fingerprint density at radius 1 is 0.846 bits per heavy atom. The van der Waals surface area contributed by atoms with Gasteiger partial charge in [0.2, 0.25) is 0 Å². The van der Waals surface area contributed by atoms with Gasteiger partial charge in [0, 0.05) is 0 Å². The fraction of sp³-hybridized carbons (Fsp3) is 1.00. The largest absolute Gasteiger partial charge is 0.0619 e. The van der Waals surface area contributed by atoms with Crippen LogP contribution >= 0.6 is 0 Å². The lowest BCUT2D eigenvalue weighted by atomic mass is 9.17. The van der Waals surface area contributed by atoms with Crippen molar-refractivity contribution in [2.24, 2.45) is 27.6 Å². The van der Waals surface area contributed by atoms with E-state index in [4.69, 9.17) is 0 Å². The number of fused-ring (bicyclic) bond motifs is 1. The molecular weight excluding hydrogens is 156 g/mol. The van der Waals surface area contributed by atoms with Crippen LogP contribution in [0, 0.1) is 27.6 Å². The number of rotatable bonds is 0. The predicted octanol–water partition coefficient (Wildman–Crippen LogP) is 4.10. The lowest BCUT2D eigenvalue weighted by molar-refractivity contribution is -0.390. The zero-order valence-corrected chi connectivity index (χ0v) is 10.3. The van der Waals surface area contributed by atoms with Gasteiger partial charge in [-0.1, -0.05) is 48.5 Å². The molecule has 0 aromatic rings. The summed E-state index contributed by atoms with van der Waals surface area (Å²) in [6, 6.07) is 0. The molecular formula is C13H24. The average Bonchev–Trinajstić information content (AvgIpc) is 2.01. The van der Waals surface area contributed by atoms with E-state index >= 15 is 0 Å². The van der Waals surface area contributed by atoms with Crippen LogP contribution < -0.4 is 0 Å². The second kappa shape index (κ2) is 1.85. The first-order valence-corrected chi connectivity index (χ1v) is 5.63. The quantitative estimate of drug-likeness (QED) is 0.526. The van der Waals surface area contributed by atoms with Crippen LogP contribution in [0.4, 0.5) is 0 Å². The summed E-state index contributed by atoms with van der Waals surface area (Å²) in [4.78, 5) is 0. The van der Waals surface area contributed by atoms with Gasteiger partial charge in [-0.15, -0.1) is 0 Å². The summed E-state index contributed by atoms with van der Waals surface area (Å²) in [7, 11) is 0. The second-order valence-corrected chi connectivity index (χ2v) is 6.89. The summed E-state index contributed by atoms with van der Waals surface area (Å²) >= 11 is 0. The zero-order valence-electron chi connectivity index (χ0n) is 10.3. The Balaban J connectivity index is 2.47. The SMILES string of the molecule is CC1CC2(C)C(C)(C)C(C)(C)C12C. The Hall–Kier alpha value is 0. The van der Waals surface area contributed by atoms with Gasteiger partial charge >= 0.3 is 0 Å². The van der Waals surface area contributed by atoms with Crippen LogP contribution in [0.5, 0.6) is 0 Å². The molecule has 2 rings (SSSR count). The molecule has 3 unspecified atom stereocenters. The molecule has 2 fully saturated rings. The third-order valence-electron chi connectivity index (χ3n) is 7.09. The molecule has 0 amide bonds. The molecule has 0 aliphatic heterocycles. The van der Waals surface area contributed by atoms with Gasteiger partial charge in [0.15, 0.2) is 0 Å². The highest BCUT2D eigenvalue weighted by atomic mass is 14.9. The van der Waals surface area contributed by atoms with E-state index in [-0.39, 0.29) is 0 Å². The molecule has 0 aromatic heterocycles. The van der Waals surface area contributed by atoms with Crippen molar-refractivity contribution in [2.45, 2.75) is 54.9 Å². The molecule has 0 spiro atoms. The third-order valence-corrected chi connectivity index (χ3v) is 7.09. The van der Waals surface area contributed by atoms with Crippen LogP contribution in [-0.4, -0.2) is 0 Å². The van der Waals surface area contributed by atoms with E-state index in [2.05, 4.69) is 48.5 Å². The summed E-state index contributed by atoms with van der Waals surface area (Å²) in [5.41, 5.74) is 2.21. The van der Waals surface area contributed by atoms with E-state index in [0.29, 0.717) is 21.7 Å². The Morgan fingerprint density at radius 3 is 1.54 bits per heavy atom. The maximum atomic E-state index is 2.51. The number of hydrogen-bond donors (Lipinski definition) is 0. The third kappa shape index (κ3) is 0.543.